The van der Waals surface area contributed by atoms with Crippen LogP contribution >= 0.6 is 17.0 Å². The van der Waals surface area contributed by atoms with Gasteiger partial charge < -0.3 is 0 Å². The van der Waals surface area contributed by atoms with Crippen LogP contribution in [0.3, 0.4) is 0 Å². The number of fused-ring (bicyclic) bond motifs is 5. The summed E-state index contributed by atoms with van der Waals surface area (Å²) in [7, 11) is 10.7. The molecule has 9 rings (SSSR count). The van der Waals surface area contributed by atoms with Crippen LogP contribution in [0.15, 0.2) is 140 Å². The Bertz CT molecular complexity index is 2430. The molecule has 8 aromatic carbocycles. The fourth-order valence-electron chi connectivity index (χ4n) is 7.84. The summed E-state index contributed by atoms with van der Waals surface area (Å²) in [5.41, 5.74) is 16.6. The van der Waals surface area contributed by atoms with Crippen LogP contribution in [0, 0.1) is 33.8 Å². The Labute approximate surface area is 368 Å². The largest absolute Gasteiger partial charge is 0.184 e. The van der Waals surface area contributed by atoms with Crippen LogP contribution in [0.1, 0.15) is 85.8 Å². The molecule has 0 nitrogen and oxygen atoms in total. The molecule has 1 aliphatic rings. The van der Waals surface area contributed by atoms with Crippen molar-refractivity contribution in [3.63, 3.8) is 0 Å². The van der Waals surface area contributed by atoms with Gasteiger partial charge in [0.05, 0.1) is 9.52 Å². The molecule has 1 heterocycles. The first kappa shape index (κ1) is 43.8. The summed E-state index contributed by atoms with van der Waals surface area (Å²) in [4.78, 5) is 0. The van der Waals surface area contributed by atoms with Gasteiger partial charge in [-0.2, -0.15) is 41.6 Å². The molecule has 0 saturated carbocycles. The van der Waals surface area contributed by atoms with Gasteiger partial charge in [0, 0.05) is 0 Å². The zero-order chi connectivity index (χ0) is 41.3. The van der Waals surface area contributed by atoms with Gasteiger partial charge in [-0.3, -0.25) is 0 Å². The Hall–Kier alpha value is -3.78. The van der Waals surface area contributed by atoms with Crippen LogP contribution in [-0.4, -0.2) is 9.52 Å². The van der Waals surface area contributed by atoms with Gasteiger partial charge in [0.1, 0.15) is 0 Å². The molecule has 2 atom stereocenters. The van der Waals surface area contributed by atoms with Crippen molar-refractivity contribution in [3.05, 3.63) is 179 Å². The molecule has 0 saturated heterocycles. The Kier molecular flexibility index (Phi) is 15.4. The zero-order valence-corrected chi connectivity index (χ0v) is 40.1. The minimum atomic E-state index is -0.826. The Morgan fingerprint density at radius 2 is 0.983 bits per heavy atom. The van der Waals surface area contributed by atoms with E-state index in [-0.39, 0.29) is 0 Å². The van der Waals surface area contributed by atoms with Crippen LogP contribution in [0.25, 0.3) is 54.9 Å². The first-order valence-corrected chi connectivity index (χ1v) is 27.8. The smallest absolute Gasteiger partial charge is 0.0920 e. The van der Waals surface area contributed by atoms with E-state index in [0.29, 0.717) is 11.8 Å². The van der Waals surface area contributed by atoms with E-state index in [4.69, 9.17) is 17.0 Å². The van der Waals surface area contributed by atoms with Gasteiger partial charge in [0.25, 0.3) is 0 Å². The number of hydrogen-bond donors (Lipinski definition) is 0. The Balaban J connectivity index is 0.000000145. The van der Waals surface area contributed by atoms with Gasteiger partial charge in [0.2, 0.25) is 0 Å². The first-order valence-electron chi connectivity index (χ1n) is 20.4. The van der Waals surface area contributed by atoms with Gasteiger partial charge in [-0.25, -0.2) is 0 Å². The van der Waals surface area contributed by atoms with Gasteiger partial charge in [-0.15, -0.1) is 74.6 Å². The third-order valence-electron chi connectivity index (χ3n) is 12.0. The van der Waals surface area contributed by atoms with Crippen LogP contribution < -0.4 is 10.4 Å². The molecule has 0 aromatic heterocycles. The molecule has 1 aliphatic heterocycles. The number of aryl methyl sites for hydroxylation is 2. The molecular formula is C54H53Cl2SiZr-3. The van der Waals surface area contributed by atoms with E-state index >= 15 is 0 Å². The van der Waals surface area contributed by atoms with Gasteiger partial charge in [-0.05, 0) is 72.9 Å². The molecule has 2 radical (unpaired) electrons. The van der Waals surface area contributed by atoms with Gasteiger partial charge >= 0.3 is 37.9 Å². The quantitative estimate of drug-likeness (QED) is 0.115. The van der Waals surface area contributed by atoms with E-state index in [9.17, 15) is 0 Å². The predicted octanol–water partition coefficient (Wildman–Crippen LogP) is 15.2. The third-order valence-corrected chi connectivity index (χ3v) is 13.4. The standard InChI is InChI=1S/2C21H23.C12H7Si.2ClH.Zr/c2*1-5-14(2)18-12-17-9-7-11-20(21(17)13-18)19-10-6-8-15(3)16(19)4;1-3-7-11-9(5-1)10-6-2-4-8-12(10)13-11;;;/h2*6-14H,5H2,1-4H3;1-7H;2*1H;/q3*-1;;;+2/p-2. The average Bonchev–Trinajstić information content (AvgIpc) is 3.99. The Morgan fingerprint density at radius 1 is 0.552 bits per heavy atom. The monoisotopic (exact) mass is 889 g/mol. The van der Waals surface area contributed by atoms with Gasteiger partial charge in [-0.1, -0.05) is 135 Å². The summed E-state index contributed by atoms with van der Waals surface area (Å²) < 4.78 is 0. The molecule has 0 fully saturated rings. The van der Waals surface area contributed by atoms with Crippen molar-refractivity contribution in [2.24, 2.45) is 0 Å². The fourth-order valence-corrected chi connectivity index (χ4v) is 9.15. The average molecular weight is 892 g/mol. The van der Waals surface area contributed by atoms with Crippen molar-refractivity contribution in [2.75, 3.05) is 0 Å². The maximum absolute atomic E-state index is 4.93. The summed E-state index contributed by atoms with van der Waals surface area (Å²) >= 11 is -0.826. The molecule has 2 unspecified atom stereocenters. The van der Waals surface area contributed by atoms with E-state index in [2.05, 4.69) is 195 Å². The molecule has 8 aromatic rings. The minimum Gasteiger partial charge on any atom is -0.184 e. The zero-order valence-electron chi connectivity index (χ0n) is 35.1. The summed E-state index contributed by atoms with van der Waals surface area (Å²) in [5.74, 6) is 1.26. The number of benzene rings is 6. The summed E-state index contributed by atoms with van der Waals surface area (Å²) in [6, 6.07) is 54.2. The van der Waals surface area contributed by atoms with E-state index in [1.54, 1.807) is 0 Å². The van der Waals surface area contributed by atoms with E-state index in [1.165, 1.54) is 112 Å². The molecule has 0 aliphatic carbocycles. The van der Waals surface area contributed by atoms with Crippen molar-refractivity contribution >= 4 is 58.5 Å². The van der Waals surface area contributed by atoms with Crippen molar-refractivity contribution in [1.82, 2.24) is 0 Å². The molecule has 0 spiro atoms. The fraction of sp³-hybridized carbons (Fsp3) is 0.222. The van der Waals surface area contributed by atoms with Crippen molar-refractivity contribution in [2.45, 2.75) is 80.1 Å². The minimum absolute atomic E-state index is 0.629. The SMILES string of the molecule is CCC(C)c1cc2c(-c3cccc(C)c3C)cccc2[cH-]1.CCC(C)c1cc2c(-c3cccc(C)c3C)cccc2[cH-]1.[Cl][Zr][Cl].[c-]1cccc2c1[Si]c1ccccc1-2. The number of halogens is 2. The van der Waals surface area contributed by atoms with Crippen LogP contribution in [0.5, 0.6) is 0 Å². The summed E-state index contributed by atoms with van der Waals surface area (Å²) in [5, 5.41) is 8.33. The normalized spacial score (nSPS) is 12.2. The van der Waals surface area contributed by atoms with Gasteiger partial charge in [0.15, 0.2) is 0 Å². The second-order valence-electron chi connectivity index (χ2n) is 15.5. The second-order valence-corrected chi connectivity index (χ2v) is 20.5. The molecule has 4 heteroatoms. The number of rotatable bonds is 6. The maximum Gasteiger partial charge on any atom is 0.0920 e. The van der Waals surface area contributed by atoms with Crippen molar-refractivity contribution < 1.29 is 20.8 Å². The summed E-state index contributed by atoms with van der Waals surface area (Å²) in [6.45, 7) is 18.0. The molecule has 0 N–H and O–H groups in total. The van der Waals surface area contributed by atoms with Crippen molar-refractivity contribution in [3.8, 4) is 33.4 Å². The van der Waals surface area contributed by atoms with E-state index in [0.717, 1.165) is 9.52 Å². The molecule has 294 valence electrons. The molecular weight excluding hydrogens is 839 g/mol. The molecule has 0 amide bonds. The molecule has 58 heavy (non-hydrogen) atoms. The Morgan fingerprint density at radius 3 is 1.48 bits per heavy atom. The van der Waals surface area contributed by atoms with Crippen LogP contribution in [-0.2, 0) is 20.8 Å². The second kappa shape index (κ2) is 20.5. The van der Waals surface area contributed by atoms with Crippen LogP contribution in [0.2, 0.25) is 0 Å². The van der Waals surface area contributed by atoms with Crippen LogP contribution in [0.4, 0.5) is 0 Å². The van der Waals surface area contributed by atoms with Crippen molar-refractivity contribution in [1.29, 1.82) is 0 Å². The maximum atomic E-state index is 4.93. The van der Waals surface area contributed by atoms with E-state index in [1.807, 2.05) is 6.07 Å². The topological polar surface area (TPSA) is 0 Å². The van der Waals surface area contributed by atoms with E-state index < -0.39 is 20.8 Å². The molecule has 0 bridgehead atoms. The first-order chi connectivity index (χ1) is 28.1. The predicted molar refractivity (Wildman–Crippen MR) is 254 cm³/mol. The summed E-state index contributed by atoms with van der Waals surface area (Å²) in [6.07, 6.45) is 2.38. The third kappa shape index (κ3) is 9.80. The number of hydrogen-bond acceptors (Lipinski definition) is 0.